The zero-order valence-electron chi connectivity index (χ0n) is 10.3. The number of benzene rings is 1. The van der Waals surface area contributed by atoms with Gasteiger partial charge in [-0.15, -0.1) is 0 Å². The molecule has 7 heteroatoms. The first kappa shape index (κ1) is 13.1. The van der Waals surface area contributed by atoms with E-state index in [4.69, 9.17) is 8.92 Å². The third-order valence-corrected chi connectivity index (χ3v) is 3.87. The molecule has 2 N–H and O–H groups in total. The Kier molecular flexibility index (Phi) is 3.00. The maximum Gasteiger partial charge on any atom is 0.382 e. The van der Waals surface area contributed by atoms with Crippen molar-refractivity contribution < 1.29 is 22.4 Å². The highest BCUT2D eigenvalue weighted by Gasteiger charge is 2.40. The first-order chi connectivity index (χ1) is 8.26. The Morgan fingerprint density at radius 2 is 2.11 bits per heavy atom. The molecule has 0 aliphatic carbocycles. The van der Waals surface area contributed by atoms with Crippen LogP contribution in [0.4, 0.5) is 0 Å². The fourth-order valence-corrected chi connectivity index (χ4v) is 2.18. The molecule has 1 aliphatic rings. The number of ether oxygens (including phenoxy) is 1. The Morgan fingerprint density at radius 1 is 1.44 bits per heavy atom. The van der Waals surface area contributed by atoms with E-state index in [-0.39, 0.29) is 5.75 Å². The molecule has 0 saturated heterocycles. The monoisotopic (exact) mass is 273 g/mol. The van der Waals surface area contributed by atoms with Crippen LogP contribution in [0.1, 0.15) is 19.4 Å². The Morgan fingerprint density at radius 3 is 2.72 bits per heavy atom. The zero-order valence-corrected chi connectivity index (χ0v) is 11.1. The maximum absolute atomic E-state index is 11.3. The van der Waals surface area contributed by atoms with Gasteiger partial charge >= 0.3 is 10.3 Å². The van der Waals surface area contributed by atoms with E-state index in [0.717, 1.165) is 0 Å². The van der Waals surface area contributed by atoms with Crippen molar-refractivity contribution in [2.75, 3.05) is 7.05 Å². The molecule has 0 fully saturated rings. The second-order valence-corrected chi connectivity index (χ2v) is 6.07. The normalized spacial score (nSPS) is 21.2. The molecule has 0 amide bonds. The van der Waals surface area contributed by atoms with Gasteiger partial charge in [0.2, 0.25) is 6.29 Å². The van der Waals surface area contributed by atoms with E-state index >= 15 is 0 Å². The van der Waals surface area contributed by atoms with Gasteiger partial charge < -0.3 is 14.0 Å². The molecule has 1 heterocycles. The number of aliphatic hydroxyl groups excluding tert-OH is 1. The molecule has 0 aromatic heterocycles. The highest BCUT2D eigenvalue weighted by Crippen LogP contribution is 2.43. The van der Waals surface area contributed by atoms with Gasteiger partial charge in [-0.2, -0.15) is 13.1 Å². The summed E-state index contributed by atoms with van der Waals surface area (Å²) in [5.41, 5.74) is 0.0942. The van der Waals surface area contributed by atoms with Crippen LogP contribution in [0.3, 0.4) is 0 Å². The first-order valence-corrected chi connectivity index (χ1v) is 6.79. The third kappa shape index (κ3) is 2.16. The van der Waals surface area contributed by atoms with Crippen LogP contribution < -0.4 is 13.6 Å². The summed E-state index contributed by atoms with van der Waals surface area (Å²) >= 11 is 0. The average Bonchev–Trinajstić information content (AvgIpc) is 2.51. The molecule has 1 aliphatic heterocycles. The van der Waals surface area contributed by atoms with Crippen LogP contribution in [0, 0.1) is 0 Å². The van der Waals surface area contributed by atoms with Gasteiger partial charge in [-0.3, -0.25) is 0 Å². The molecule has 0 bridgehead atoms. The summed E-state index contributed by atoms with van der Waals surface area (Å²) in [6.07, 6.45) is -0.955. The molecular weight excluding hydrogens is 258 g/mol. The summed E-state index contributed by atoms with van der Waals surface area (Å²) in [4.78, 5) is 0. The lowest BCUT2D eigenvalue weighted by Crippen LogP contribution is -2.31. The van der Waals surface area contributed by atoms with Gasteiger partial charge in [0.25, 0.3) is 0 Å². The Hall–Kier alpha value is -1.31. The van der Waals surface area contributed by atoms with Crippen LogP contribution in [0.25, 0.3) is 0 Å². The minimum Gasteiger partial charge on any atom is -0.464 e. The number of hydrogen-bond acceptors (Lipinski definition) is 5. The minimum absolute atomic E-state index is 0.175. The number of hydrogen-bond donors (Lipinski definition) is 2. The highest BCUT2D eigenvalue weighted by molar-refractivity contribution is 7.85. The van der Waals surface area contributed by atoms with Gasteiger partial charge in [-0.25, -0.2) is 0 Å². The van der Waals surface area contributed by atoms with Crippen molar-refractivity contribution in [2.45, 2.75) is 25.6 Å². The van der Waals surface area contributed by atoms with Crippen LogP contribution in [-0.4, -0.2) is 26.9 Å². The van der Waals surface area contributed by atoms with Gasteiger partial charge in [0.05, 0.1) is 5.41 Å². The van der Waals surface area contributed by atoms with E-state index in [1.54, 1.807) is 26.0 Å². The van der Waals surface area contributed by atoms with Gasteiger partial charge in [0.1, 0.15) is 11.5 Å². The quantitative estimate of drug-likeness (QED) is 0.838. The number of aliphatic hydroxyl groups is 1. The maximum atomic E-state index is 11.3. The standard InChI is InChI=1S/C11H15NO5S/c1-11(2)8-6-7(17-18(14,15)12-3)4-5-9(8)16-10(11)13/h4-6,10,12-13H,1-3H3. The first-order valence-electron chi connectivity index (χ1n) is 5.38. The summed E-state index contributed by atoms with van der Waals surface area (Å²) < 4.78 is 34.7. The van der Waals surface area contributed by atoms with E-state index in [9.17, 15) is 13.5 Å². The predicted molar refractivity (Wildman–Crippen MR) is 64.7 cm³/mol. The second kappa shape index (κ2) is 4.11. The molecule has 100 valence electrons. The Balaban J connectivity index is 2.38. The molecule has 0 spiro atoms. The van der Waals surface area contributed by atoms with Crippen molar-refractivity contribution in [3.8, 4) is 11.5 Å². The van der Waals surface area contributed by atoms with E-state index in [1.165, 1.54) is 13.1 Å². The Labute approximate surface area is 106 Å². The summed E-state index contributed by atoms with van der Waals surface area (Å²) in [5.74, 6) is 0.704. The van der Waals surface area contributed by atoms with Crippen LogP contribution in [0.2, 0.25) is 0 Å². The SMILES string of the molecule is CNS(=O)(=O)Oc1ccc2c(c1)C(C)(C)C(O)O2. The van der Waals surface area contributed by atoms with Crippen molar-refractivity contribution in [3.05, 3.63) is 23.8 Å². The number of fused-ring (bicyclic) bond motifs is 1. The van der Waals surface area contributed by atoms with Gasteiger partial charge in [-0.05, 0) is 32.0 Å². The lowest BCUT2D eigenvalue weighted by Gasteiger charge is -2.20. The van der Waals surface area contributed by atoms with Gasteiger partial charge in [0.15, 0.2) is 0 Å². The molecule has 6 nitrogen and oxygen atoms in total. The summed E-state index contributed by atoms with van der Waals surface area (Å²) in [7, 11) is -2.53. The second-order valence-electron chi connectivity index (χ2n) is 4.59. The summed E-state index contributed by atoms with van der Waals surface area (Å²) in [6, 6.07) is 4.61. The largest absolute Gasteiger partial charge is 0.464 e. The smallest absolute Gasteiger partial charge is 0.382 e. The number of nitrogens with one attached hydrogen (secondary N) is 1. The molecule has 18 heavy (non-hydrogen) atoms. The summed E-state index contributed by atoms with van der Waals surface area (Å²) in [5, 5.41) is 9.75. The molecule has 1 unspecified atom stereocenters. The molecule has 0 saturated carbocycles. The Bertz CT molecular complexity index is 567. The van der Waals surface area contributed by atoms with Crippen LogP contribution in [-0.2, 0) is 15.7 Å². The lowest BCUT2D eigenvalue weighted by molar-refractivity contribution is -0.0450. The van der Waals surface area contributed by atoms with Crippen LogP contribution in [0.5, 0.6) is 11.5 Å². The highest BCUT2D eigenvalue weighted by atomic mass is 32.2. The molecule has 1 atom stereocenters. The van der Waals surface area contributed by atoms with Crippen LogP contribution in [0.15, 0.2) is 18.2 Å². The molecule has 0 radical (unpaired) electrons. The summed E-state index contributed by atoms with van der Waals surface area (Å²) in [6.45, 7) is 3.61. The van der Waals surface area contributed by atoms with Gasteiger partial charge in [-0.1, -0.05) is 0 Å². The fourth-order valence-electron chi connectivity index (χ4n) is 1.74. The lowest BCUT2D eigenvalue weighted by atomic mass is 9.85. The molecular formula is C11H15NO5S. The van der Waals surface area contributed by atoms with E-state index in [1.807, 2.05) is 0 Å². The molecule has 1 aromatic carbocycles. The van der Waals surface area contributed by atoms with Gasteiger partial charge in [0, 0.05) is 12.6 Å². The van der Waals surface area contributed by atoms with Crippen LogP contribution >= 0.6 is 0 Å². The van der Waals surface area contributed by atoms with Crippen molar-refractivity contribution in [3.63, 3.8) is 0 Å². The topological polar surface area (TPSA) is 84.9 Å². The third-order valence-electron chi connectivity index (χ3n) is 2.96. The average molecular weight is 273 g/mol. The van der Waals surface area contributed by atoms with E-state index in [0.29, 0.717) is 11.3 Å². The predicted octanol–water partition coefficient (Wildman–Crippen LogP) is 0.518. The fraction of sp³-hybridized carbons (Fsp3) is 0.455. The minimum atomic E-state index is -3.79. The van der Waals surface area contributed by atoms with E-state index < -0.39 is 22.0 Å². The number of rotatable bonds is 3. The molecule has 1 aromatic rings. The zero-order chi connectivity index (χ0) is 13.6. The van der Waals surface area contributed by atoms with Crippen molar-refractivity contribution in [1.29, 1.82) is 0 Å². The van der Waals surface area contributed by atoms with E-state index in [2.05, 4.69) is 4.72 Å². The molecule has 2 rings (SSSR count). The van der Waals surface area contributed by atoms with Crippen molar-refractivity contribution >= 4 is 10.3 Å². The van der Waals surface area contributed by atoms with Crippen molar-refractivity contribution in [2.24, 2.45) is 0 Å². The van der Waals surface area contributed by atoms with Crippen molar-refractivity contribution in [1.82, 2.24) is 4.72 Å².